The van der Waals surface area contributed by atoms with Gasteiger partial charge in [-0.1, -0.05) is 12.5 Å². The second-order valence-corrected chi connectivity index (χ2v) is 5.74. The first-order valence-corrected chi connectivity index (χ1v) is 7.65. The van der Waals surface area contributed by atoms with E-state index in [2.05, 4.69) is 24.0 Å². The summed E-state index contributed by atoms with van der Waals surface area (Å²) in [6.07, 6.45) is 3.86. The summed E-state index contributed by atoms with van der Waals surface area (Å²) >= 11 is 0. The van der Waals surface area contributed by atoms with E-state index in [0.717, 1.165) is 18.0 Å². The summed E-state index contributed by atoms with van der Waals surface area (Å²) in [7, 11) is 0. The molecule has 0 spiro atoms. The van der Waals surface area contributed by atoms with Gasteiger partial charge in [-0.25, -0.2) is 0 Å². The highest BCUT2D eigenvalue weighted by atomic mass is 16.6. The Hall–Kier alpha value is -1.26. The molecule has 1 aromatic carbocycles. The average molecular weight is 276 g/mol. The second kappa shape index (κ2) is 6.02. The Bertz CT molecular complexity index is 464. The fourth-order valence-corrected chi connectivity index (χ4v) is 3.31. The van der Waals surface area contributed by atoms with Crippen molar-refractivity contribution in [3.63, 3.8) is 0 Å². The number of ether oxygens (including phenoxy) is 2. The molecule has 2 heterocycles. The van der Waals surface area contributed by atoms with Crippen LogP contribution in [0.5, 0.6) is 11.5 Å². The first-order valence-electron chi connectivity index (χ1n) is 7.65. The quantitative estimate of drug-likeness (QED) is 0.920. The minimum atomic E-state index is 0.279. The summed E-state index contributed by atoms with van der Waals surface area (Å²) in [5.41, 5.74) is 7.30. The molecule has 0 bridgehead atoms. The van der Waals surface area contributed by atoms with Gasteiger partial charge in [-0.05, 0) is 44.0 Å². The van der Waals surface area contributed by atoms with Crippen LogP contribution in [0.4, 0.5) is 0 Å². The molecule has 0 aromatic heterocycles. The van der Waals surface area contributed by atoms with Crippen LogP contribution in [-0.2, 0) is 0 Å². The number of fused-ring (bicyclic) bond motifs is 1. The summed E-state index contributed by atoms with van der Waals surface area (Å²) in [5.74, 6) is 1.71. The largest absolute Gasteiger partial charge is 0.486 e. The molecule has 2 atom stereocenters. The van der Waals surface area contributed by atoms with Crippen LogP contribution in [0.25, 0.3) is 0 Å². The Morgan fingerprint density at radius 2 is 2.05 bits per heavy atom. The van der Waals surface area contributed by atoms with Gasteiger partial charge in [0.05, 0.1) is 0 Å². The van der Waals surface area contributed by atoms with Crippen LogP contribution in [-0.4, -0.2) is 37.2 Å². The predicted octanol–water partition coefficient (Wildman–Crippen LogP) is 2.33. The normalized spacial score (nSPS) is 24.4. The molecule has 1 saturated heterocycles. The number of nitrogens with zero attached hydrogens (tertiary/aromatic N) is 1. The fraction of sp³-hybridized carbons (Fsp3) is 0.625. The Morgan fingerprint density at radius 3 is 2.80 bits per heavy atom. The summed E-state index contributed by atoms with van der Waals surface area (Å²) < 4.78 is 11.3. The third kappa shape index (κ3) is 2.63. The van der Waals surface area contributed by atoms with E-state index in [1.165, 1.54) is 24.8 Å². The zero-order valence-corrected chi connectivity index (χ0v) is 12.2. The minimum Gasteiger partial charge on any atom is -0.486 e. The van der Waals surface area contributed by atoms with Gasteiger partial charge in [0.1, 0.15) is 13.2 Å². The van der Waals surface area contributed by atoms with Crippen LogP contribution in [0.3, 0.4) is 0 Å². The van der Waals surface area contributed by atoms with Crippen molar-refractivity contribution in [2.75, 3.05) is 26.3 Å². The summed E-state index contributed by atoms with van der Waals surface area (Å²) in [6.45, 7) is 5.35. The van der Waals surface area contributed by atoms with E-state index in [-0.39, 0.29) is 6.04 Å². The molecule has 2 unspecified atom stereocenters. The summed E-state index contributed by atoms with van der Waals surface area (Å²) in [6, 6.07) is 7.13. The molecule has 2 aliphatic heterocycles. The van der Waals surface area contributed by atoms with Crippen LogP contribution in [0.15, 0.2) is 18.2 Å². The lowest BCUT2D eigenvalue weighted by atomic mass is 9.97. The lowest BCUT2D eigenvalue weighted by Gasteiger charge is -2.39. The maximum Gasteiger partial charge on any atom is 0.161 e. The fourth-order valence-electron chi connectivity index (χ4n) is 3.31. The lowest BCUT2D eigenvalue weighted by Crippen LogP contribution is -2.43. The van der Waals surface area contributed by atoms with Crippen LogP contribution in [0.1, 0.15) is 37.8 Å². The first kappa shape index (κ1) is 13.7. The Morgan fingerprint density at radius 1 is 1.25 bits per heavy atom. The molecular formula is C16H24N2O2. The molecule has 0 radical (unpaired) electrons. The number of nitrogens with two attached hydrogens (primary N) is 1. The van der Waals surface area contributed by atoms with Crippen molar-refractivity contribution in [2.24, 2.45) is 5.73 Å². The van der Waals surface area contributed by atoms with Crippen LogP contribution < -0.4 is 15.2 Å². The first-order chi connectivity index (χ1) is 9.79. The minimum absolute atomic E-state index is 0.279. The average Bonchev–Trinajstić information content (AvgIpc) is 2.50. The van der Waals surface area contributed by atoms with Crippen molar-refractivity contribution in [3.8, 4) is 11.5 Å². The molecule has 2 N–H and O–H groups in total. The molecule has 4 nitrogen and oxygen atoms in total. The highest BCUT2D eigenvalue weighted by molar-refractivity contribution is 5.44. The maximum absolute atomic E-state index is 6.06. The molecular weight excluding hydrogens is 252 g/mol. The Labute approximate surface area is 120 Å². The lowest BCUT2D eigenvalue weighted by molar-refractivity contribution is 0.108. The SMILES string of the molecule is CC1CCCCN1C(CN)c1ccc2c(c1)OCCO2. The van der Waals surface area contributed by atoms with Gasteiger partial charge in [0.2, 0.25) is 0 Å². The van der Waals surface area contributed by atoms with Crippen LogP contribution in [0.2, 0.25) is 0 Å². The van der Waals surface area contributed by atoms with E-state index < -0.39 is 0 Å². The van der Waals surface area contributed by atoms with E-state index >= 15 is 0 Å². The van der Waals surface area contributed by atoms with Crippen molar-refractivity contribution in [1.29, 1.82) is 0 Å². The van der Waals surface area contributed by atoms with Gasteiger partial charge in [0.25, 0.3) is 0 Å². The van der Waals surface area contributed by atoms with Crippen LogP contribution in [0, 0.1) is 0 Å². The smallest absolute Gasteiger partial charge is 0.161 e. The number of hydrogen-bond acceptors (Lipinski definition) is 4. The number of benzene rings is 1. The van der Waals surface area contributed by atoms with Crippen molar-refractivity contribution >= 4 is 0 Å². The Balaban J connectivity index is 1.85. The van der Waals surface area contributed by atoms with E-state index in [9.17, 15) is 0 Å². The van der Waals surface area contributed by atoms with E-state index in [0.29, 0.717) is 25.8 Å². The van der Waals surface area contributed by atoms with Gasteiger partial charge in [0, 0.05) is 18.6 Å². The van der Waals surface area contributed by atoms with Gasteiger partial charge in [-0.15, -0.1) is 0 Å². The van der Waals surface area contributed by atoms with Gasteiger partial charge in [-0.3, -0.25) is 4.90 Å². The van der Waals surface area contributed by atoms with Crippen molar-refractivity contribution in [1.82, 2.24) is 4.90 Å². The predicted molar refractivity (Wildman–Crippen MR) is 79.2 cm³/mol. The van der Waals surface area contributed by atoms with Gasteiger partial charge in [-0.2, -0.15) is 0 Å². The van der Waals surface area contributed by atoms with Crippen molar-refractivity contribution in [2.45, 2.75) is 38.3 Å². The third-order valence-electron chi connectivity index (χ3n) is 4.43. The van der Waals surface area contributed by atoms with Crippen LogP contribution >= 0.6 is 0 Å². The number of hydrogen-bond donors (Lipinski definition) is 1. The molecule has 3 rings (SSSR count). The molecule has 0 aliphatic carbocycles. The zero-order chi connectivity index (χ0) is 13.9. The number of piperidine rings is 1. The molecule has 1 aromatic rings. The summed E-state index contributed by atoms with van der Waals surface area (Å²) in [4.78, 5) is 2.54. The summed E-state index contributed by atoms with van der Waals surface area (Å²) in [5, 5.41) is 0. The molecule has 20 heavy (non-hydrogen) atoms. The van der Waals surface area contributed by atoms with Gasteiger partial charge < -0.3 is 15.2 Å². The maximum atomic E-state index is 6.06. The van der Waals surface area contributed by atoms with E-state index in [1.807, 2.05) is 6.07 Å². The molecule has 1 fully saturated rings. The monoisotopic (exact) mass is 276 g/mol. The molecule has 2 aliphatic rings. The molecule has 4 heteroatoms. The van der Waals surface area contributed by atoms with Crippen molar-refractivity contribution < 1.29 is 9.47 Å². The number of likely N-dealkylation sites (tertiary alicyclic amines) is 1. The second-order valence-electron chi connectivity index (χ2n) is 5.74. The highest BCUT2D eigenvalue weighted by Gasteiger charge is 2.27. The third-order valence-corrected chi connectivity index (χ3v) is 4.43. The molecule has 0 saturated carbocycles. The topological polar surface area (TPSA) is 47.7 Å². The van der Waals surface area contributed by atoms with E-state index in [4.69, 9.17) is 15.2 Å². The molecule has 110 valence electrons. The zero-order valence-electron chi connectivity index (χ0n) is 12.2. The molecule has 0 amide bonds. The van der Waals surface area contributed by atoms with Gasteiger partial charge >= 0.3 is 0 Å². The Kier molecular flexibility index (Phi) is 4.13. The van der Waals surface area contributed by atoms with E-state index in [1.54, 1.807) is 0 Å². The van der Waals surface area contributed by atoms with Gasteiger partial charge in [0.15, 0.2) is 11.5 Å². The number of rotatable bonds is 3. The standard InChI is InChI=1S/C16H24N2O2/c1-12-4-2-3-7-18(12)14(11-17)13-5-6-15-16(10-13)20-9-8-19-15/h5-6,10,12,14H,2-4,7-9,11,17H2,1H3. The highest BCUT2D eigenvalue weighted by Crippen LogP contribution is 2.35. The van der Waals surface area contributed by atoms with Crippen molar-refractivity contribution in [3.05, 3.63) is 23.8 Å².